The number of hydrogen-bond acceptors (Lipinski definition) is 2. The van der Waals surface area contributed by atoms with Crippen LogP contribution >= 0.6 is 11.6 Å². The molecule has 1 aromatic rings. The van der Waals surface area contributed by atoms with E-state index in [1.165, 1.54) is 25.2 Å². The lowest BCUT2D eigenvalue weighted by Crippen LogP contribution is -2.32. The van der Waals surface area contributed by atoms with E-state index in [4.69, 9.17) is 16.7 Å². The largest absolute Gasteiger partial charge is 0.480 e. The summed E-state index contributed by atoms with van der Waals surface area (Å²) in [6.45, 7) is -0.495. The van der Waals surface area contributed by atoms with Gasteiger partial charge in [0.2, 0.25) is 0 Å². The lowest BCUT2D eigenvalue weighted by atomic mass is 10.2. The number of nitrogens with zero attached hydrogens (tertiary/aromatic N) is 1. The lowest BCUT2D eigenvalue weighted by molar-refractivity contribution is -0.137. The smallest absolute Gasteiger partial charge is 0.323 e. The van der Waals surface area contributed by atoms with Crippen LogP contribution in [-0.4, -0.2) is 35.5 Å². The average Bonchev–Trinajstić information content (AvgIpc) is 2.20. The Morgan fingerprint density at radius 2 is 2.12 bits per heavy atom. The molecule has 0 radical (unpaired) electrons. The van der Waals surface area contributed by atoms with Crippen molar-refractivity contribution in [2.45, 2.75) is 0 Å². The summed E-state index contributed by atoms with van der Waals surface area (Å²) in [6, 6.07) is 3.99. The minimum atomic E-state index is -1.17. The molecule has 0 heterocycles. The van der Waals surface area contributed by atoms with Crippen LogP contribution in [0.1, 0.15) is 10.4 Å². The third-order valence-corrected chi connectivity index (χ3v) is 2.19. The van der Waals surface area contributed by atoms with Gasteiger partial charge in [0.25, 0.3) is 5.91 Å². The molecule has 0 fully saturated rings. The molecule has 0 atom stereocenters. The standard InChI is InChI=1S/C10H9ClFNO3/c1-13(5-8(14)15)10(16)6-3-2-4-7(11)9(6)12/h2-4H,5H2,1H3,(H,14,15). The zero-order valence-corrected chi connectivity index (χ0v) is 9.16. The van der Waals surface area contributed by atoms with Crippen molar-refractivity contribution in [1.82, 2.24) is 4.90 Å². The minimum absolute atomic E-state index is 0.172. The molecule has 0 aliphatic rings. The molecule has 0 saturated carbocycles. The highest BCUT2D eigenvalue weighted by Crippen LogP contribution is 2.18. The van der Waals surface area contributed by atoms with Crippen molar-refractivity contribution in [3.05, 3.63) is 34.6 Å². The second-order valence-electron chi connectivity index (χ2n) is 3.16. The summed E-state index contributed by atoms with van der Waals surface area (Å²) in [5, 5.41) is 8.32. The van der Waals surface area contributed by atoms with E-state index in [9.17, 15) is 14.0 Å². The predicted molar refractivity (Wildman–Crippen MR) is 56.0 cm³/mol. The van der Waals surface area contributed by atoms with Gasteiger partial charge in [-0.05, 0) is 12.1 Å². The topological polar surface area (TPSA) is 57.6 Å². The quantitative estimate of drug-likeness (QED) is 0.881. The summed E-state index contributed by atoms with van der Waals surface area (Å²) in [5.41, 5.74) is -0.240. The van der Waals surface area contributed by atoms with Crippen LogP contribution in [0, 0.1) is 5.82 Å². The van der Waals surface area contributed by atoms with Crippen LogP contribution in [0.25, 0.3) is 0 Å². The first-order chi connectivity index (χ1) is 7.43. The first kappa shape index (κ1) is 12.4. The van der Waals surface area contributed by atoms with Crippen LogP contribution in [-0.2, 0) is 4.79 Å². The van der Waals surface area contributed by atoms with Gasteiger partial charge in [-0.3, -0.25) is 9.59 Å². The molecule has 1 N–H and O–H groups in total. The van der Waals surface area contributed by atoms with Gasteiger partial charge in [-0.1, -0.05) is 17.7 Å². The maximum Gasteiger partial charge on any atom is 0.323 e. The van der Waals surface area contributed by atoms with Gasteiger partial charge in [0, 0.05) is 7.05 Å². The van der Waals surface area contributed by atoms with Crippen LogP contribution in [0.4, 0.5) is 4.39 Å². The van der Waals surface area contributed by atoms with Gasteiger partial charge in [0.15, 0.2) is 5.82 Å². The van der Waals surface area contributed by atoms with Gasteiger partial charge in [-0.15, -0.1) is 0 Å². The Hall–Kier alpha value is -1.62. The van der Waals surface area contributed by atoms with E-state index in [0.717, 1.165) is 4.90 Å². The first-order valence-corrected chi connectivity index (χ1v) is 4.72. The molecule has 0 aromatic heterocycles. The number of carboxylic acids is 1. The van der Waals surface area contributed by atoms with Crippen molar-refractivity contribution >= 4 is 23.5 Å². The molecular weight excluding hydrogens is 237 g/mol. The fourth-order valence-electron chi connectivity index (χ4n) is 1.15. The van der Waals surface area contributed by atoms with Crippen molar-refractivity contribution < 1.29 is 19.1 Å². The number of carboxylic acid groups (broad SMARTS) is 1. The number of likely N-dealkylation sites (N-methyl/N-ethyl adjacent to an activating group) is 1. The van der Waals surface area contributed by atoms with E-state index in [2.05, 4.69) is 0 Å². The highest BCUT2D eigenvalue weighted by molar-refractivity contribution is 6.31. The minimum Gasteiger partial charge on any atom is -0.480 e. The molecule has 0 aliphatic heterocycles. The van der Waals surface area contributed by atoms with Crippen molar-refractivity contribution in [3.8, 4) is 0 Å². The van der Waals surface area contributed by atoms with Gasteiger partial charge >= 0.3 is 5.97 Å². The van der Waals surface area contributed by atoms with Crippen LogP contribution < -0.4 is 0 Å². The summed E-state index contributed by atoms with van der Waals surface area (Å²) in [6.07, 6.45) is 0. The van der Waals surface area contributed by atoms with Gasteiger partial charge < -0.3 is 10.0 Å². The van der Waals surface area contributed by atoms with Crippen molar-refractivity contribution in [3.63, 3.8) is 0 Å². The van der Waals surface area contributed by atoms with E-state index < -0.39 is 24.2 Å². The Kier molecular flexibility index (Phi) is 3.84. The van der Waals surface area contributed by atoms with Gasteiger partial charge in [-0.25, -0.2) is 4.39 Å². The maximum atomic E-state index is 13.4. The number of hydrogen-bond donors (Lipinski definition) is 1. The monoisotopic (exact) mass is 245 g/mol. The highest BCUT2D eigenvalue weighted by atomic mass is 35.5. The Bertz CT molecular complexity index is 436. The number of rotatable bonds is 3. The zero-order valence-electron chi connectivity index (χ0n) is 8.41. The number of aliphatic carboxylic acids is 1. The Morgan fingerprint density at radius 3 is 2.69 bits per heavy atom. The zero-order chi connectivity index (χ0) is 12.3. The van der Waals surface area contributed by atoms with E-state index in [-0.39, 0.29) is 10.6 Å². The lowest BCUT2D eigenvalue weighted by Gasteiger charge is -2.15. The third kappa shape index (κ3) is 2.70. The molecule has 6 heteroatoms. The van der Waals surface area contributed by atoms with Crippen LogP contribution in [0.3, 0.4) is 0 Å². The van der Waals surface area contributed by atoms with Crippen molar-refractivity contribution in [1.29, 1.82) is 0 Å². The molecule has 0 bridgehead atoms. The van der Waals surface area contributed by atoms with Crippen molar-refractivity contribution in [2.75, 3.05) is 13.6 Å². The molecule has 1 amide bonds. The van der Waals surface area contributed by atoms with Gasteiger partial charge in [0.05, 0.1) is 10.6 Å². The number of amides is 1. The van der Waals surface area contributed by atoms with E-state index in [1.807, 2.05) is 0 Å². The van der Waals surface area contributed by atoms with Crippen LogP contribution in [0.2, 0.25) is 5.02 Å². The number of benzene rings is 1. The molecular formula is C10H9ClFNO3. The van der Waals surface area contributed by atoms with Crippen LogP contribution in [0.15, 0.2) is 18.2 Å². The Morgan fingerprint density at radius 1 is 1.50 bits per heavy atom. The number of halogens is 2. The molecule has 0 unspecified atom stereocenters. The van der Waals surface area contributed by atoms with Crippen molar-refractivity contribution in [2.24, 2.45) is 0 Å². The molecule has 0 aliphatic carbocycles. The van der Waals surface area contributed by atoms with Crippen LogP contribution in [0.5, 0.6) is 0 Å². The molecule has 1 rings (SSSR count). The number of carbonyl (C=O) groups is 2. The van der Waals surface area contributed by atoms with Gasteiger partial charge in [-0.2, -0.15) is 0 Å². The average molecular weight is 246 g/mol. The Balaban J connectivity index is 2.96. The normalized spacial score (nSPS) is 9.94. The van der Waals surface area contributed by atoms with Gasteiger partial charge in [0.1, 0.15) is 6.54 Å². The molecule has 1 aromatic carbocycles. The fraction of sp³-hybridized carbons (Fsp3) is 0.200. The summed E-state index contributed by atoms with van der Waals surface area (Å²) in [7, 11) is 1.27. The van der Waals surface area contributed by atoms with E-state index >= 15 is 0 Å². The molecule has 0 saturated heterocycles. The second kappa shape index (κ2) is 4.94. The summed E-state index contributed by atoms with van der Waals surface area (Å²) >= 11 is 5.51. The maximum absolute atomic E-state index is 13.4. The highest BCUT2D eigenvalue weighted by Gasteiger charge is 2.19. The van der Waals surface area contributed by atoms with E-state index in [0.29, 0.717) is 0 Å². The SMILES string of the molecule is CN(CC(=O)O)C(=O)c1cccc(Cl)c1F. The van der Waals surface area contributed by atoms with E-state index in [1.54, 1.807) is 0 Å². The fourth-order valence-corrected chi connectivity index (χ4v) is 1.32. The second-order valence-corrected chi connectivity index (χ2v) is 3.56. The Labute approximate surface area is 96.2 Å². The third-order valence-electron chi connectivity index (χ3n) is 1.90. The number of carbonyl (C=O) groups excluding carboxylic acids is 1. The summed E-state index contributed by atoms with van der Waals surface area (Å²) in [5.74, 6) is -2.73. The first-order valence-electron chi connectivity index (χ1n) is 4.34. The summed E-state index contributed by atoms with van der Waals surface area (Å²) in [4.78, 5) is 22.9. The molecule has 4 nitrogen and oxygen atoms in total. The predicted octanol–water partition coefficient (Wildman–Crippen LogP) is 1.64. The molecule has 86 valence electrons. The summed E-state index contributed by atoms with van der Waals surface area (Å²) < 4.78 is 13.4. The molecule has 0 spiro atoms. The molecule has 16 heavy (non-hydrogen) atoms.